The number of carbonyl (C=O) groups excluding carboxylic acids is 1. The van der Waals surface area contributed by atoms with Crippen molar-refractivity contribution in [3.63, 3.8) is 0 Å². The van der Waals surface area contributed by atoms with E-state index in [9.17, 15) is 9.59 Å². The maximum Gasteiger partial charge on any atom is 0.284 e. The number of aryl methyl sites for hydroxylation is 1. The molecule has 146 valence electrons. The summed E-state index contributed by atoms with van der Waals surface area (Å²) in [6.45, 7) is 6.77. The molecule has 1 amide bonds. The average molecular weight is 382 g/mol. The molecule has 1 aliphatic rings. The monoisotopic (exact) mass is 382 g/mol. The minimum Gasteiger partial charge on any atom is -0.372 e. The van der Waals surface area contributed by atoms with Crippen molar-refractivity contribution in [2.45, 2.75) is 39.5 Å². The standard InChI is InChI=1S/C19H22N6O3/c1-12-5-4-6-15(7-12)25-18-17(21-22-25)19(27)24(11-20-18)10-16(26)23-8-13(2)28-14(3)9-23/h4-7,11,13-14H,8-10H2,1-3H3/t13-,14-/m1/s1. The smallest absolute Gasteiger partial charge is 0.284 e. The molecule has 0 radical (unpaired) electrons. The molecule has 0 N–H and O–H groups in total. The number of rotatable bonds is 3. The number of hydrogen-bond acceptors (Lipinski definition) is 6. The van der Waals surface area contributed by atoms with Crippen LogP contribution in [0.1, 0.15) is 19.4 Å². The summed E-state index contributed by atoms with van der Waals surface area (Å²) in [6.07, 6.45) is 1.32. The molecule has 1 aromatic carbocycles. The Balaban J connectivity index is 1.62. The highest BCUT2D eigenvalue weighted by Crippen LogP contribution is 2.14. The molecule has 0 saturated carbocycles. The lowest BCUT2D eigenvalue weighted by Gasteiger charge is -2.35. The third kappa shape index (κ3) is 3.40. The van der Waals surface area contributed by atoms with Crippen LogP contribution in [0, 0.1) is 6.92 Å². The molecular formula is C19H22N6O3. The maximum absolute atomic E-state index is 12.8. The van der Waals surface area contributed by atoms with E-state index in [1.165, 1.54) is 15.6 Å². The Morgan fingerprint density at radius 3 is 2.71 bits per heavy atom. The lowest BCUT2D eigenvalue weighted by Crippen LogP contribution is -2.49. The summed E-state index contributed by atoms with van der Waals surface area (Å²) < 4.78 is 8.47. The molecule has 1 fully saturated rings. The van der Waals surface area contributed by atoms with E-state index in [1.807, 2.05) is 45.0 Å². The minimum atomic E-state index is -0.383. The van der Waals surface area contributed by atoms with Crippen LogP contribution < -0.4 is 5.56 Å². The molecule has 4 rings (SSSR count). The van der Waals surface area contributed by atoms with E-state index < -0.39 is 0 Å². The summed E-state index contributed by atoms with van der Waals surface area (Å²) in [5.74, 6) is -0.142. The van der Waals surface area contributed by atoms with Crippen LogP contribution in [0.3, 0.4) is 0 Å². The molecule has 2 aromatic heterocycles. The van der Waals surface area contributed by atoms with E-state index >= 15 is 0 Å². The molecule has 9 heteroatoms. The van der Waals surface area contributed by atoms with Gasteiger partial charge in [-0.15, -0.1) is 5.10 Å². The third-order valence-corrected chi connectivity index (χ3v) is 4.75. The van der Waals surface area contributed by atoms with E-state index in [-0.39, 0.29) is 35.7 Å². The Bertz CT molecular complexity index is 1080. The first-order chi connectivity index (χ1) is 13.4. The summed E-state index contributed by atoms with van der Waals surface area (Å²) in [6, 6.07) is 7.69. The molecule has 1 aliphatic heterocycles. The number of benzene rings is 1. The molecule has 9 nitrogen and oxygen atoms in total. The third-order valence-electron chi connectivity index (χ3n) is 4.75. The summed E-state index contributed by atoms with van der Waals surface area (Å²) >= 11 is 0. The predicted molar refractivity (Wildman–Crippen MR) is 102 cm³/mol. The van der Waals surface area contributed by atoms with Crippen molar-refractivity contribution in [1.29, 1.82) is 0 Å². The van der Waals surface area contributed by atoms with Crippen molar-refractivity contribution in [2.24, 2.45) is 0 Å². The van der Waals surface area contributed by atoms with Crippen LogP contribution in [0.25, 0.3) is 16.9 Å². The normalized spacial score (nSPS) is 19.9. The minimum absolute atomic E-state index is 0.0285. The van der Waals surface area contributed by atoms with Gasteiger partial charge in [0.1, 0.15) is 12.9 Å². The van der Waals surface area contributed by atoms with Gasteiger partial charge < -0.3 is 9.64 Å². The van der Waals surface area contributed by atoms with Gasteiger partial charge in [-0.05, 0) is 38.5 Å². The number of nitrogens with zero attached hydrogens (tertiary/aromatic N) is 6. The van der Waals surface area contributed by atoms with Gasteiger partial charge in [0.25, 0.3) is 5.56 Å². The first kappa shape index (κ1) is 18.3. The molecule has 0 aliphatic carbocycles. The van der Waals surface area contributed by atoms with Gasteiger partial charge in [0.15, 0.2) is 11.2 Å². The molecule has 0 spiro atoms. The second-order valence-corrected chi connectivity index (χ2v) is 7.25. The van der Waals surface area contributed by atoms with Crippen LogP contribution in [0.5, 0.6) is 0 Å². The van der Waals surface area contributed by atoms with E-state index in [4.69, 9.17) is 4.74 Å². The number of amides is 1. The Morgan fingerprint density at radius 1 is 1.25 bits per heavy atom. The number of carbonyl (C=O) groups is 1. The molecule has 0 unspecified atom stereocenters. The van der Waals surface area contributed by atoms with Gasteiger partial charge in [0.2, 0.25) is 5.91 Å². The van der Waals surface area contributed by atoms with Gasteiger partial charge in [-0.2, -0.15) is 4.68 Å². The summed E-state index contributed by atoms with van der Waals surface area (Å²) in [5.41, 5.74) is 1.97. The van der Waals surface area contributed by atoms with E-state index in [0.717, 1.165) is 11.3 Å². The summed E-state index contributed by atoms with van der Waals surface area (Å²) in [4.78, 5) is 31.5. The van der Waals surface area contributed by atoms with Crippen LogP contribution in [-0.4, -0.2) is 60.6 Å². The molecule has 1 saturated heterocycles. The SMILES string of the molecule is Cc1cccc(-n2nnc3c(=O)n(CC(=O)N4C[C@@H](C)O[C@H](C)C4)cnc32)c1. The lowest BCUT2D eigenvalue weighted by molar-refractivity contribution is -0.143. The van der Waals surface area contributed by atoms with Crippen molar-refractivity contribution < 1.29 is 9.53 Å². The average Bonchev–Trinajstić information content (AvgIpc) is 3.08. The summed E-state index contributed by atoms with van der Waals surface area (Å²) in [5, 5.41) is 8.08. The van der Waals surface area contributed by atoms with Gasteiger partial charge >= 0.3 is 0 Å². The zero-order valence-electron chi connectivity index (χ0n) is 16.1. The van der Waals surface area contributed by atoms with Crippen LogP contribution in [0.15, 0.2) is 35.4 Å². The summed E-state index contributed by atoms with van der Waals surface area (Å²) in [7, 11) is 0. The highest BCUT2D eigenvalue weighted by Gasteiger charge is 2.26. The van der Waals surface area contributed by atoms with Crippen molar-refractivity contribution in [3.8, 4) is 5.69 Å². The Morgan fingerprint density at radius 2 is 2.00 bits per heavy atom. The first-order valence-corrected chi connectivity index (χ1v) is 9.23. The highest BCUT2D eigenvalue weighted by molar-refractivity contribution is 5.77. The van der Waals surface area contributed by atoms with Crippen LogP contribution >= 0.6 is 0 Å². The molecule has 28 heavy (non-hydrogen) atoms. The number of aromatic nitrogens is 5. The molecule has 0 bridgehead atoms. The predicted octanol–water partition coefficient (Wildman–Crippen LogP) is 0.921. The van der Waals surface area contributed by atoms with Crippen LogP contribution in [0.2, 0.25) is 0 Å². The van der Waals surface area contributed by atoms with Crippen molar-refractivity contribution in [1.82, 2.24) is 29.4 Å². The van der Waals surface area contributed by atoms with Crippen LogP contribution in [-0.2, 0) is 16.1 Å². The van der Waals surface area contributed by atoms with Gasteiger partial charge in [-0.1, -0.05) is 17.3 Å². The highest BCUT2D eigenvalue weighted by atomic mass is 16.5. The van der Waals surface area contributed by atoms with Crippen molar-refractivity contribution >= 4 is 17.1 Å². The fourth-order valence-electron chi connectivity index (χ4n) is 3.52. The number of fused-ring (bicyclic) bond motifs is 1. The second kappa shape index (κ2) is 7.16. The van der Waals surface area contributed by atoms with Crippen molar-refractivity contribution in [3.05, 3.63) is 46.5 Å². The lowest BCUT2D eigenvalue weighted by atomic mass is 10.2. The zero-order chi connectivity index (χ0) is 19.8. The number of ether oxygens (including phenoxy) is 1. The largest absolute Gasteiger partial charge is 0.372 e. The van der Waals surface area contributed by atoms with Gasteiger partial charge in [-0.25, -0.2) is 4.98 Å². The Hall–Kier alpha value is -3.07. The van der Waals surface area contributed by atoms with E-state index in [0.29, 0.717) is 18.7 Å². The topological polar surface area (TPSA) is 95.1 Å². The van der Waals surface area contributed by atoms with Gasteiger partial charge in [-0.3, -0.25) is 14.2 Å². The fraction of sp³-hybridized carbons (Fsp3) is 0.421. The Kier molecular flexibility index (Phi) is 4.68. The molecule has 3 aromatic rings. The van der Waals surface area contributed by atoms with E-state index in [1.54, 1.807) is 4.90 Å². The van der Waals surface area contributed by atoms with Crippen LogP contribution in [0.4, 0.5) is 0 Å². The van der Waals surface area contributed by atoms with Crippen molar-refractivity contribution in [2.75, 3.05) is 13.1 Å². The quantitative estimate of drug-likeness (QED) is 0.669. The Labute approximate surface area is 161 Å². The van der Waals surface area contributed by atoms with Gasteiger partial charge in [0.05, 0.1) is 17.9 Å². The molecule has 2 atom stereocenters. The van der Waals surface area contributed by atoms with E-state index in [2.05, 4.69) is 15.3 Å². The zero-order valence-corrected chi connectivity index (χ0v) is 16.1. The fourth-order valence-corrected chi connectivity index (χ4v) is 3.52. The van der Waals surface area contributed by atoms with Gasteiger partial charge in [0, 0.05) is 13.1 Å². The second-order valence-electron chi connectivity index (χ2n) is 7.25. The maximum atomic E-state index is 12.8. The molecule has 3 heterocycles. The number of morpholine rings is 1. The number of hydrogen-bond donors (Lipinski definition) is 0. The first-order valence-electron chi connectivity index (χ1n) is 9.23. The molecular weight excluding hydrogens is 360 g/mol.